The van der Waals surface area contributed by atoms with E-state index in [0.717, 1.165) is 64.2 Å². The van der Waals surface area contributed by atoms with Gasteiger partial charge >= 0.3 is 5.97 Å². The van der Waals surface area contributed by atoms with Gasteiger partial charge in [0, 0.05) is 6.42 Å². The van der Waals surface area contributed by atoms with E-state index in [1.807, 2.05) is 0 Å². The third-order valence-corrected chi connectivity index (χ3v) is 6.08. The number of aliphatic hydroxyl groups is 2. The van der Waals surface area contributed by atoms with Gasteiger partial charge in [-0.2, -0.15) is 0 Å². The fraction of sp³-hybridized carbons (Fsp3) is 0.656. The lowest BCUT2D eigenvalue weighted by molar-refractivity contribution is -0.146. The molecule has 2 N–H and O–H groups in total. The lowest BCUT2D eigenvalue weighted by Crippen LogP contribution is -2.21. The molecule has 0 saturated carbocycles. The smallest absolute Gasteiger partial charge is 0.308 e. The number of esters is 1. The number of rotatable bonds is 20. The van der Waals surface area contributed by atoms with Crippen molar-refractivity contribution in [2.24, 2.45) is 0 Å². The molecule has 0 aliphatic heterocycles. The Morgan fingerprint density at radius 2 is 1.31 bits per heavy atom. The third-order valence-electron chi connectivity index (χ3n) is 6.08. The summed E-state index contributed by atoms with van der Waals surface area (Å²) in [5.41, 5.74) is 5.80. The highest BCUT2D eigenvalue weighted by Gasteiger charge is 2.14. The Balaban J connectivity index is 3.88. The molecule has 0 bridgehead atoms. The SMILES string of the molecule is C/C=C/C(O)CC(O)CC(=O)OCCCCC/C(C)=C/CC/C=C(\C)CC/C=C(\C)CCC=C(C)C. The molecular weight excluding hydrogens is 448 g/mol. The zero-order valence-corrected chi connectivity index (χ0v) is 24.0. The first-order chi connectivity index (χ1) is 17.1. The van der Waals surface area contributed by atoms with Gasteiger partial charge in [-0.05, 0) is 106 Å². The van der Waals surface area contributed by atoms with Crippen molar-refractivity contribution >= 4 is 5.97 Å². The predicted octanol–water partition coefficient (Wildman–Crippen LogP) is 8.31. The first-order valence-corrected chi connectivity index (χ1v) is 13.9. The minimum absolute atomic E-state index is 0.0721. The second-order valence-electron chi connectivity index (χ2n) is 10.3. The number of carbonyl (C=O) groups excluding carboxylic acids is 1. The topological polar surface area (TPSA) is 66.8 Å². The summed E-state index contributed by atoms with van der Waals surface area (Å²) in [5, 5.41) is 19.4. The van der Waals surface area contributed by atoms with Crippen molar-refractivity contribution in [3.8, 4) is 0 Å². The van der Waals surface area contributed by atoms with Gasteiger partial charge in [0.15, 0.2) is 0 Å². The van der Waals surface area contributed by atoms with Gasteiger partial charge in [-0.15, -0.1) is 0 Å². The maximum absolute atomic E-state index is 11.8. The Hall–Kier alpha value is -1.91. The van der Waals surface area contributed by atoms with Crippen molar-refractivity contribution in [3.05, 3.63) is 58.7 Å². The number of allylic oxidation sites excluding steroid dienone is 9. The highest BCUT2D eigenvalue weighted by Crippen LogP contribution is 2.14. The number of hydrogen-bond acceptors (Lipinski definition) is 4. The van der Waals surface area contributed by atoms with Crippen LogP contribution in [0.15, 0.2) is 58.7 Å². The number of unbranched alkanes of at least 4 members (excludes halogenated alkanes) is 3. The van der Waals surface area contributed by atoms with Crippen LogP contribution in [0.5, 0.6) is 0 Å². The van der Waals surface area contributed by atoms with Gasteiger partial charge in [0.1, 0.15) is 0 Å². The van der Waals surface area contributed by atoms with E-state index >= 15 is 0 Å². The second kappa shape index (κ2) is 22.3. The molecule has 0 saturated heterocycles. The summed E-state index contributed by atoms with van der Waals surface area (Å²) in [7, 11) is 0. The number of ether oxygens (including phenoxy) is 1. The van der Waals surface area contributed by atoms with Crippen LogP contribution in [0.1, 0.15) is 119 Å². The average Bonchev–Trinajstić information content (AvgIpc) is 2.78. The zero-order valence-electron chi connectivity index (χ0n) is 24.0. The molecule has 206 valence electrons. The molecular formula is C32H54O4. The fourth-order valence-corrected chi connectivity index (χ4v) is 3.88. The predicted molar refractivity (Wildman–Crippen MR) is 154 cm³/mol. The van der Waals surface area contributed by atoms with E-state index in [0.29, 0.717) is 6.61 Å². The lowest BCUT2D eigenvalue weighted by atomic mass is 10.0. The highest BCUT2D eigenvalue weighted by molar-refractivity contribution is 5.69. The molecule has 0 rings (SSSR count). The molecule has 0 aliphatic rings. The van der Waals surface area contributed by atoms with Crippen LogP contribution in [-0.4, -0.2) is 35.0 Å². The average molecular weight is 503 g/mol. The molecule has 0 aromatic carbocycles. The molecule has 2 unspecified atom stereocenters. The van der Waals surface area contributed by atoms with E-state index in [4.69, 9.17) is 4.74 Å². The molecule has 0 spiro atoms. The van der Waals surface area contributed by atoms with Gasteiger partial charge in [0.2, 0.25) is 0 Å². The second-order valence-corrected chi connectivity index (χ2v) is 10.3. The van der Waals surface area contributed by atoms with Crippen LogP contribution in [-0.2, 0) is 9.53 Å². The minimum atomic E-state index is -0.876. The Labute approximate surface area is 221 Å². The van der Waals surface area contributed by atoms with E-state index in [1.54, 1.807) is 19.1 Å². The molecule has 0 aliphatic carbocycles. The van der Waals surface area contributed by atoms with Crippen molar-refractivity contribution in [2.45, 2.75) is 131 Å². The molecule has 4 nitrogen and oxygen atoms in total. The van der Waals surface area contributed by atoms with E-state index in [9.17, 15) is 15.0 Å². The van der Waals surface area contributed by atoms with Gasteiger partial charge in [-0.1, -0.05) is 58.7 Å². The zero-order chi connectivity index (χ0) is 27.2. The Morgan fingerprint density at radius 1 is 0.750 bits per heavy atom. The van der Waals surface area contributed by atoms with Crippen LogP contribution in [0.3, 0.4) is 0 Å². The molecule has 4 heteroatoms. The molecule has 0 aromatic rings. The third kappa shape index (κ3) is 22.5. The molecule has 36 heavy (non-hydrogen) atoms. The minimum Gasteiger partial charge on any atom is -0.466 e. The molecule has 2 atom stereocenters. The first kappa shape index (κ1) is 34.1. The maximum atomic E-state index is 11.8. The van der Waals surface area contributed by atoms with Crippen molar-refractivity contribution in [1.29, 1.82) is 0 Å². The van der Waals surface area contributed by atoms with Gasteiger partial charge in [-0.25, -0.2) is 0 Å². The quantitative estimate of drug-likeness (QED) is 0.0998. The van der Waals surface area contributed by atoms with Crippen LogP contribution < -0.4 is 0 Å². The summed E-state index contributed by atoms with van der Waals surface area (Å²) >= 11 is 0. The van der Waals surface area contributed by atoms with Crippen LogP contribution in [0.2, 0.25) is 0 Å². The van der Waals surface area contributed by atoms with Crippen LogP contribution in [0.4, 0.5) is 0 Å². The molecule has 0 heterocycles. The van der Waals surface area contributed by atoms with Crippen molar-refractivity contribution in [1.82, 2.24) is 0 Å². The monoisotopic (exact) mass is 502 g/mol. The molecule has 0 fully saturated rings. The number of carbonyl (C=O) groups is 1. The summed E-state index contributed by atoms with van der Waals surface area (Å²) in [5.74, 6) is -0.403. The summed E-state index contributed by atoms with van der Waals surface area (Å²) in [6, 6.07) is 0. The van der Waals surface area contributed by atoms with Crippen LogP contribution >= 0.6 is 0 Å². The lowest BCUT2D eigenvalue weighted by Gasteiger charge is -2.12. The number of hydrogen-bond donors (Lipinski definition) is 2. The van der Waals surface area contributed by atoms with E-state index in [2.05, 4.69) is 58.9 Å². The Bertz CT molecular complexity index is 735. The summed E-state index contributed by atoms with van der Waals surface area (Å²) in [6.07, 6.45) is 22.0. The molecule has 0 radical (unpaired) electrons. The Kier molecular flexibility index (Phi) is 21.1. The van der Waals surface area contributed by atoms with Crippen LogP contribution in [0, 0.1) is 0 Å². The van der Waals surface area contributed by atoms with Gasteiger partial charge < -0.3 is 14.9 Å². The maximum Gasteiger partial charge on any atom is 0.308 e. The standard InChI is InChI=1S/C32H54O4/c1-7-15-30(33)24-31(34)25-32(35)36-23-12-8-9-17-27(4)18-10-11-19-28(5)21-14-22-29(6)20-13-16-26(2)3/h7,15-16,18-19,22,30-31,33-34H,8-14,17,20-21,23-25H2,1-6H3/b15-7+,27-18+,28-19+,29-22+. The Morgan fingerprint density at radius 3 is 1.89 bits per heavy atom. The van der Waals surface area contributed by atoms with E-state index in [1.165, 1.54) is 22.3 Å². The van der Waals surface area contributed by atoms with Crippen LogP contribution in [0.25, 0.3) is 0 Å². The molecule has 0 amide bonds. The largest absolute Gasteiger partial charge is 0.466 e. The summed E-state index contributed by atoms with van der Waals surface area (Å²) in [4.78, 5) is 11.8. The van der Waals surface area contributed by atoms with E-state index in [-0.39, 0.29) is 12.8 Å². The van der Waals surface area contributed by atoms with Crippen molar-refractivity contribution < 1.29 is 19.7 Å². The molecule has 0 aromatic heterocycles. The summed E-state index contributed by atoms with van der Waals surface area (Å²) < 4.78 is 5.20. The first-order valence-electron chi connectivity index (χ1n) is 13.9. The normalized spacial score (nSPS) is 14.7. The van der Waals surface area contributed by atoms with Gasteiger partial charge in [0.05, 0.1) is 25.2 Å². The van der Waals surface area contributed by atoms with E-state index < -0.39 is 18.2 Å². The summed E-state index contributed by atoms with van der Waals surface area (Å²) in [6.45, 7) is 13.2. The highest BCUT2D eigenvalue weighted by atomic mass is 16.5. The van der Waals surface area contributed by atoms with Crippen molar-refractivity contribution in [3.63, 3.8) is 0 Å². The van der Waals surface area contributed by atoms with Crippen molar-refractivity contribution in [2.75, 3.05) is 6.61 Å². The van der Waals surface area contributed by atoms with Gasteiger partial charge in [-0.3, -0.25) is 4.79 Å². The number of aliphatic hydroxyl groups excluding tert-OH is 2. The van der Waals surface area contributed by atoms with Gasteiger partial charge in [0.25, 0.3) is 0 Å². The fourth-order valence-electron chi connectivity index (χ4n) is 3.88.